The molecule has 0 N–H and O–H groups in total. The number of carbonyl (C=O) groups is 3. The van der Waals surface area contributed by atoms with Gasteiger partial charge in [0.05, 0.1) is 48.8 Å². The molecule has 0 unspecified atom stereocenters. The van der Waals surface area contributed by atoms with Crippen molar-refractivity contribution in [3.05, 3.63) is 120 Å². The summed E-state index contributed by atoms with van der Waals surface area (Å²) in [6, 6.07) is 16.8. The van der Waals surface area contributed by atoms with Gasteiger partial charge in [0, 0.05) is 12.5 Å². The molecule has 1 aromatic heterocycles. The second-order valence-electron chi connectivity index (χ2n) is 10.5. The van der Waals surface area contributed by atoms with Gasteiger partial charge < -0.3 is 19.1 Å². The second kappa shape index (κ2) is 12.2. The van der Waals surface area contributed by atoms with Crippen molar-refractivity contribution in [2.24, 2.45) is 4.99 Å². The highest BCUT2D eigenvalue weighted by Crippen LogP contribution is 2.38. The van der Waals surface area contributed by atoms with Crippen molar-refractivity contribution in [3.63, 3.8) is 0 Å². The molecule has 1 amide bonds. The summed E-state index contributed by atoms with van der Waals surface area (Å²) in [5.74, 6) is -1.58. The molecule has 6 rings (SSSR count). The molecule has 0 saturated carbocycles. The number of aromatic nitrogens is 1. The highest BCUT2D eigenvalue weighted by molar-refractivity contribution is 7.07. The van der Waals surface area contributed by atoms with Crippen LogP contribution in [0.3, 0.4) is 0 Å². The fraction of sp³-hybridized carbons (Fsp3) is 0.206. The molecular weight excluding hydrogens is 613 g/mol. The lowest BCUT2D eigenvalue weighted by Gasteiger charge is -2.25. The topological polar surface area (TPSA) is 117 Å². The van der Waals surface area contributed by atoms with Crippen LogP contribution < -0.4 is 29.3 Å². The van der Waals surface area contributed by atoms with Crippen molar-refractivity contribution < 1.29 is 33.0 Å². The van der Waals surface area contributed by atoms with E-state index in [0.717, 1.165) is 11.3 Å². The third-order valence-corrected chi connectivity index (χ3v) is 8.71. The number of anilines is 1. The van der Waals surface area contributed by atoms with Crippen LogP contribution in [0.15, 0.2) is 87.8 Å². The van der Waals surface area contributed by atoms with Gasteiger partial charge in [-0.15, -0.1) is 0 Å². The molecule has 0 radical (unpaired) electrons. The van der Waals surface area contributed by atoms with Gasteiger partial charge in [0.15, 0.2) is 16.3 Å². The molecule has 2 aliphatic heterocycles. The fourth-order valence-electron chi connectivity index (χ4n) is 5.68. The summed E-state index contributed by atoms with van der Waals surface area (Å²) in [5.41, 5.74) is 2.56. The average Bonchev–Trinajstić information content (AvgIpc) is 3.49. The highest BCUT2D eigenvalue weighted by atomic mass is 32.1. The highest BCUT2D eigenvalue weighted by Gasteiger charge is 2.37. The van der Waals surface area contributed by atoms with E-state index in [1.165, 1.54) is 36.8 Å². The van der Waals surface area contributed by atoms with Crippen molar-refractivity contribution >= 4 is 40.4 Å². The quantitative estimate of drug-likeness (QED) is 0.223. The Hall–Kier alpha value is -5.36. The van der Waals surface area contributed by atoms with Gasteiger partial charge in [0.1, 0.15) is 10.3 Å². The molecule has 234 valence electrons. The zero-order valence-corrected chi connectivity index (χ0v) is 26.1. The van der Waals surface area contributed by atoms with E-state index in [-0.39, 0.29) is 56.9 Å². The SMILES string of the molecule is CCOC(=O)C1=C(C)N=c2s/c(=C3\C(=O)N(Cc4ccc(F)cc4)c4ccccc43)c(=O)n2[C@@H]1c1ccc(OC(C)=O)c(OC)c1. The summed E-state index contributed by atoms with van der Waals surface area (Å²) in [6.45, 7) is 4.87. The number of hydrogen-bond acceptors (Lipinski definition) is 9. The van der Waals surface area contributed by atoms with Crippen molar-refractivity contribution in [2.75, 3.05) is 18.6 Å². The van der Waals surface area contributed by atoms with Crippen LogP contribution in [0, 0.1) is 5.82 Å². The van der Waals surface area contributed by atoms with Crippen LogP contribution in [0.2, 0.25) is 0 Å². The minimum absolute atomic E-state index is 0.0980. The van der Waals surface area contributed by atoms with Crippen LogP contribution in [-0.2, 0) is 25.7 Å². The van der Waals surface area contributed by atoms with Gasteiger partial charge in [-0.1, -0.05) is 47.7 Å². The number of amides is 1. The van der Waals surface area contributed by atoms with E-state index in [9.17, 15) is 23.6 Å². The first kappa shape index (κ1) is 30.7. The average molecular weight is 642 g/mol. The van der Waals surface area contributed by atoms with Gasteiger partial charge in [-0.3, -0.25) is 19.0 Å². The summed E-state index contributed by atoms with van der Waals surface area (Å²) < 4.78 is 31.2. The number of nitrogens with zero attached hydrogens (tertiary/aromatic N) is 3. The molecule has 3 heterocycles. The number of thiazole rings is 1. The van der Waals surface area contributed by atoms with E-state index < -0.39 is 23.5 Å². The molecule has 0 fully saturated rings. The molecule has 0 saturated heterocycles. The summed E-state index contributed by atoms with van der Waals surface area (Å²) >= 11 is 1.05. The zero-order chi connectivity index (χ0) is 32.7. The van der Waals surface area contributed by atoms with Gasteiger partial charge in [-0.25, -0.2) is 14.2 Å². The lowest BCUT2D eigenvalue weighted by atomic mass is 9.95. The number of esters is 2. The predicted octanol–water partition coefficient (Wildman–Crippen LogP) is 3.79. The molecule has 12 heteroatoms. The first-order valence-electron chi connectivity index (χ1n) is 14.4. The van der Waals surface area contributed by atoms with Crippen molar-refractivity contribution in [1.82, 2.24) is 4.57 Å². The molecule has 1 atom stereocenters. The number of para-hydroxylation sites is 1. The standard InChI is InChI=1S/C34H28FN3O7S/c1-5-44-33(42)27-18(2)36-34-38(29(27)21-12-15-25(45-19(3)39)26(16-21)43-4)32(41)30(46-34)28-23-8-6-7-9-24(23)37(31(28)40)17-20-10-13-22(35)14-11-20/h6-16,29H,5,17H2,1-4H3/b30-28-/t29-/m1/s1. The Morgan fingerprint density at radius 3 is 2.46 bits per heavy atom. The molecule has 46 heavy (non-hydrogen) atoms. The Labute approximate surface area is 266 Å². The Morgan fingerprint density at radius 1 is 1.02 bits per heavy atom. The Balaban J connectivity index is 1.56. The fourth-order valence-corrected chi connectivity index (χ4v) is 6.82. The number of methoxy groups -OCH3 is 1. The first-order chi connectivity index (χ1) is 22.1. The van der Waals surface area contributed by atoms with Gasteiger partial charge in [-0.2, -0.15) is 0 Å². The normalized spacial score (nSPS) is 16.5. The predicted molar refractivity (Wildman–Crippen MR) is 168 cm³/mol. The lowest BCUT2D eigenvalue weighted by Crippen LogP contribution is -2.41. The number of rotatable bonds is 7. The maximum absolute atomic E-state index is 14.4. The van der Waals surface area contributed by atoms with Crippen LogP contribution in [0.1, 0.15) is 43.5 Å². The molecule has 0 spiro atoms. The Kier molecular flexibility index (Phi) is 8.13. The Morgan fingerprint density at radius 2 is 1.76 bits per heavy atom. The number of halogens is 1. The minimum atomic E-state index is -0.994. The van der Waals surface area contributed by atoms with Gasteiger partial charge >= 0.3 is 11.9 Å². The van der Waals surface area contributed by atoms with Crippen LogP contribution in [0.5, 0.6) is 11.5 Å². The third kappa shape index (κ3) is 5.30. The van der Waals surface area contributed by atoms with Crippen molar-refractivity contribution in [2.45, 2.75) is 33.4 Å². The van der Waals surface area contributed by atoms with E-state index >= 15 is 0 Å². The third-order valence-electron chi connectivity index (χ3n) is 7.65. The number of allylic oxidation sites excluding steroid dienone is 1. The number of carbonyl (C=O) groups excluding carboxylic acids is 3. The molecular formula is C34H28FN3O7S. The van der Waals surface area contributed by atoms with Crippen LogP contribution in [0.4, 0.5) is 10.1 Å². The number of hydrogen-bond donors (Lipinski definition) is 0. The van der Waals surface area contributed by atoms with Gasteiger partial charge in [0.2, 0.25) is 0 Å². The number of fused-ring (bicyclic) bond motifs is 2. The molecule has 10 nitrogen and oxygen atoms in total. The van der Waals surface area contributed by atoms with Crippen molar-refractivity contribution in [3.8, 4) is 11.5 Å². The van der Waals surface area contributed by atoms with E-state index in [4.69, 9.17) is 14.2 Å². The summed E-state index contributed by atoms with van der Waals surface area (Å²) in [4.78, 5) is 60.0. The van der Waals surface area contributed by atoms with Crippen LogP contribution >= 0.6 is 11.3 Å². The largest absolute Gasteiger partial charge is 0.493 e. The van der Waals surface area contributed by atoms with Gasteiger partial charge in [-0.05, 0) is 55.3 Å². The first-order valence-corrected chi connectivity index (χ1v) is 15.2. The smallest absolute Gasteiger partial charge is 0.338 e. The summed E-state index contributed by atoms with van der Waals surface area (Å²) in [7, 11) is 1.41. The van der Waals surface area contributed by atoms with Gasteiger partial charge in [0.25, 0.3) is 11.5 Å². The van der Waals surface area contributed by atoms with E-state index in [1.807, 2.05) is 0 Å². The molecule has 4 aromatic rings. The summed E-state index contributed by atoms with van der Waals surface area (Å²) in [5, 5.41) is 0. The van der Waals surface area contributed by atoms with Crippen molar-refractivity contribution in [1.29, 1.82) is 0 Å². The second-order valence-corrected chi connectivity index (χ2v) is 11.5. The maximum atomic E-state index is 14.4. The molecule has 0 bridgehead atoms. The van der Waals surface area contributed by atoms with E-state index in [1.54, 1.807) is 67.3 Å². The van der Waals surface area contributed by atoms with E-state index in [2.05, 4.69) is 4.99 Å². The maximum Gasteiger partial charge on any atom is 0.338 e. The molecule has 0 aliphatic carbocycles. The van der Waals surface area contributed by atoms with Crippen LogP contribution in [0.25, 0.3) is 5.57 Å². The monoisotopic (exact) mass is 641 g/mol. The molecule has 3 aromatic carbocycles. The van der Waals surface area contributed by atoms with E-state index in [0.29, 0.717) is 28.1 Å². The zero-order valence-electron chi connectivity index (χ0n) is 25.3. The number of ether oxygens (including phenoxy) is 3. The summed E-state index contributed by atoms with van der Waals surface area (Å²) in [6.07, 6.45) is 0. The minimum Gasteiger partial charge on any atom is -0.493 e. The lowest BCUT2D eigenvalue weighted by molar-refractivity contribution is -0.139. The molecule has 2 aliphatic rings. The number of benzene rings is 3. The Bertz CT molecular complexity index is 2130. The van der Waals surface area contributed by atoms with Crippen LogP contribution in [-0.4, -0.2) is 36.1 Å².